The van der Waals surface area contributed by atoms with Gasteiger partial charge in [-0.3, -0.25) is 4.90 Å². The molecule has 1 aromatic heterocycles. The van der Waals surface area contributed by atoms with Crippen LogP contribution in [0.5, 0.6) is 0 Å². The van der Waals surface area contributed by atoms with Crippen molar-refractivity contribution in [3.8, 4) is 0 Å². The molecule has 0 saturated heterocycles. The molecule has 3 aromatic rings. The third kappa shape index (κ3) is 3.72. The lowest BCUT2D eigenvalue weighted by Crippen LogP contribution is -2.31. The molecule has 146 valence electrons. The number of fused-ring (bicyclic) bond motifs is 1. The summed E-state index contributed by atoms with van der Waals surface area (Å²) in [5, 5.41) is 0. The summed E-state index contributed by atoms with van der Waals surface area (Å²) in [5.41, 5.74) is 2.97. The minimum absolute atomic E-state index is 0.324. The highest BCUT2D eigenvalue weighted by atomic mass is 19.4. The first-order valence-electron chi connectivity index (χ1n) is 9.54. The van der Waals surface area contributed by atoms with Gasteiger partial charge in [-0.2, -0.15) is 13.2 Å². The molecule has 2 nitrogen and oxygen atoms in total. The average Bonchev–Trinajstić information content (AvgIpc) is 3.03. The maximum absolute atomic E-state index is 13.8. The maximum atomic E-state index is 13.8. The highest BCUT2D eigenvalue weighted by molar-refractivity contribution is 5.38. The van der Waals surface area contributed by atoms with Crippen molar-refractivity contribution in [1.29, 1.82) is 0 Å². The summed E-state index contributed by atoms with van der Waals surface area (Å²) in [4.78, 5) is 2.18. The first kappa shape index (κ1) is 18.8. The Hall–Kier alpha value is -2.53. The van der Waals surface area contributed by atoms with Gasteiger partial charge in [-0.05, 0) is 42.7 Å². The van der Waals surface area contributed by atoms with Crippen molar-refractivity contribution in [1.82, 2.24) is 9.47 Å². The van der Waals surface area contributed by atoms with E-state index in [4.69, 9.17) is 0 Å². The highest BCUT2D eigenvalue weighted by Crippen LogP contribution is 2.40. The van der Waals surface area contributed by atoms with E-state index in [0.29, 0.717) is 12.1 Å². The summed E-state index contributed by atoms with van der Waals surface area (Å²) in [7, 11) is 0. The van der Waals surface area contributed by atoms with Crippen molar-refractivity contribution in [3.05, 3.63) is 94.8 Å². The minimum atomic E-state index is -4.38. The summed E-state index contributed by atoms with van der Waals surface area (Å²) < 4.78 is 43.5. The molecule has 0 spiro atoms. The number of alkyl halides is 3. The van der Waals surface area contributed by atoms with E-state index in [9.17, 15) is 13.2 Å². The number of aromatic nitrogens is 1. The molecule has 0 N–H and O–H groups in total. The van der Waals surface area contributed by atoms with Crippen molar-refractivity contribution in [2.75, 3.05) is 6.54 Å². The molecule has 4 rings (SSSR count). The zero-order valence-electron chi connectivity index (χ0n) is 15.8. The van der Waals surface area contributed by atoms with Gasteiger partial charge in [0.1, 0.15) is 0 Å². The molecule has 0 aliphatic carbocycles. The van der Waals surface area contributed by atoms with Crippen LogP contribution in [0, 0.1) is 6.92 Å². The van der Waals surface area contributed by atoms with E-state index < -0.39 is 17.8 Å². The van der Waals surface area contributed by atoms with Gasteiger partial charge in [-0.25, -0.2) is 0 Å². The summed E-state index contributed by atoms with van der Waals surface area (Å²) in [6.07, 6.45) is -1.51. The molecule has 0 bridgehead atoms. The maximum Gasteiger partial charge on any atom is 0.416 e. The first-order chi connectivity index (χ1) is 13.4. The van der Waals surface area contributed by atoms with Gasteiger partial charge in [0.15, 0.2) is 0 Å². The standard InChI is InChI=1S/C23H23F3N2/c1-17-7-4-8-18(15-17)16-28-14-6-13-27-12-5-11-21(27)22(28)19-9-2-3-10-20(19)23(24,25)26/h2-5,7-12,15,22H,6,13-14,16H2,1H3. The fraction of sp³-hybridized carbons (Fsp3) is 0.304. The highest BCUT2D eigenvalue weighted by Gasteiger charge is 2.38. The van der Waals surface area contributed by atoms with Gasteiger partial charge in [0, 0.05) is 31.5 Å². The van der Waals surface area contributed by atoms with Crippen LogP contribution < -0.4 is 0 Å². The van der Waals surface area contributed by atoms with Gasteiger partial charge in [0.2, 0.25) is 0 Å². The van der Waals surface area contributed by atoms with Crippen molar-refractivity contribution in [2.45, 2.75) is 38.7 Å². The molecular formula is C23H23F3N2. The number of nitrogens with zero attached hydrogens (tertiary/aromatic N) is 2. The summed E-state index contributed by atoms with van der Waals surface area (Å²) in [6.45, 7) is 4.21. The number of hydrogen-bond acceptors (Lipinski definition) is 1. The second kappa shape index (κ2) is 7.47. The molecule has 0 radical (unpaired) electrons. The quantitative estimate of drug-likeness (QED) is 0.553. The Balaban J connectivity index is 1.82. The van der Waals surface area contributed by atoms with Crippen LogP contribution >= 0.6 is 0 Å². The van der Waals surface area contributed by atoms with E-state index in [2.05, 4.69) is 15.5 Å². The number of benzene rings is 2. The summed E-state index contributed by atoms with van der Waals surface area (Å²) in [5.74, 6) is 0. The SMILES string of the molecule is Cc1cccc(CN2CCCn3cccc3C2c2ccccc2C(F)(F)F)c1. The second-order valence-corrected chi connectivity index (χ2v) is 7.43. The Bertz CT molecular complexity index is 958. The first-order valence-corrected chi connectivity index (χ1v) is 9.54. The molecule has 1 aliphatic rings. The van der Waals surface area contributed by atoms with Crippen molar-refractivity contribution >= 4 is 0 Å². The molecule has 1 aliphatic heterocycles. The Morgan fingerprint density at radius 2 is 1.79 bits per heavy atom. The van der Waals surface area contributed by atoms with Crippen molar-refractivity contribution in [3.63, 3.8) is 0 Å². The van der Waals surface area contributed by atoms with Crippen LogP contribution in [0.2, 0.25) is 0 Å². The van der Waals surface area contributed by atoms with E-state index in [1.54, 1.807) is 12.1 Å². The Labute approximate surface area is 163 Å². The second-order valence-electron chi connectivity index (χ2n) is 7.43. The van der Waals surface area contributed by atoms with Crippen LogP contribution in [0.3, 0.4) is 0 Å². The van der Waals surface area contributed by atoms with E-state index in [1.807, 2.05) is 43.5 Å². The Kier molecular flexibility index (Phi) is 5.02. The normalized spacial score (nSPS) is 17.9. The van der Waals surface area contributed by atoms with Crippen LogP contribution in [-0.4, -0.2) is 16.0 Å². The monoisotopic (exact) mass is 384 g/mol. The number of halogens is 3. The largest absolute Gasteiger partial charge is 0.416 e. The van der Waals surface area contributed by atoms with Gasteiger partial charge >= 0.3 is 6.18 Å². The summed E-state index contributed by atoms with van der Waals surface area (Å²) in [6, 6.07) is 17.6. The molecule has 2 aromatic carbocycles. The van der Waals surface area contributed by atoms with Crippen LogP contribution in [0.15, 0.2) is 66.9 Å². The number of hydrogen-bond donors (Lipinski definition) is 0. The molecule has 1 atom stereocenters. The lowest BCUT2D eigenvalue weighted by molar-refractivity contribution is -0.138. The zero-order chi connectivity index (χ0) is 19.7. The summed E-state index contributed by atoms with van der Waals surface area (Å²) >= 11 is 0. The lowest BCUT2D eigenvalue weighted by Gasteiger charge is -2.32. The fourth-order valence-corrected chi connectivity index (χ4v) is 4.20. The molecule has 0 saturated carbocycles. The number of rotatable bonds is 3. The van der Waals surface area contributed by atoms with Gasteiger partial charge in [-0.15, -0.1) is 0 Å². The Morgan fingerprint density at radius 1 is 0.964 bits per heavy atom. The molecule has 2 heterocycles. The predicted molar refractivity (Wildman–Crippen MR) is 104 cm³/mol. The molecule has 1 unspecified atom stereocenters. The molecule has 5 heteroatoms. The molecule has 0 amide bonds. The third-order valence-corrected chi connectivity index (χ3v) is 5.38. The van der Waals surface area contributed by atoms with E-state index in [0.717, 1.165) is 36.3 Å². The zero-order valence-corrected chi connectivity index (χ0v) is 15.8. The van der Waals surface area contributed by atoms with Crippen molar-refractivity contribution in [2.24, 2.45) is 0 Å². The van der Waals surface area contributed by atoms with E-state index in [-0.39, 0.29) is 0 Å². The van der Waals surface area contributed by atoms with Crippen LogP contribution in [-0.2, 0) is 19.3 Å². The smallest absolute Gasteiger partial charge is 0.350 e. The Morgan fingerprint density at radius 3 is 2.57 bits per heavy atom. The fourth-order valence-electron chi connectivity index (χ4n) is 4.20. The topological polar surface area (TPSA) is 8.17 Å². The average molecular weight is 384 g/mol. The van der Waals surface area contributed by atoms with E-state index >= 15 is 0 Å². The van der Waals surface area contributed by atoms with Gasteiger partial charge < -0.3 is 4.57 Å². The van der Waals surface area contributed by atoms with Crippen molar-refractivity contribution < 1.29 is 13.2 Å². The van der Waals surface area contributed by atoms with Crippen LogP contribution in [0.1, 0.15) is 40.4 Å². The molecule has 0 fully saturated rings. The third-order valence-electron chi connectivity index (χ3n) is 5.38. The predicted octanol–water partition coefficient (Wildman–Crippen LogP) is 5.81. The van der Waals surface area contributed by atoms with Crippen LogP contribution in [0.4, 0.5) is 13.2 Å². The lowest BCUT2D eigenvalue weighted by atomic mass is 9.95. The van der Waals surface area contributed by atoms with Gasteiger partial charge in [-0.1, -0.05) is 48.0 Å². The van der Waals surface area contributed by atoms with Gasteiger partial charge in [0.25, 0.3) is 0 Å². The van der Waals surface area contributed by atoms with E-state index in [1.165, 1.54) is 12.1 Å². The molecular weight excluding hydrogens is 361 g/mol. The van der Waals surface area contributed by atoms with Gasteiger partial charge in [0.05, 0.1) is 11.6 Å². The number of aryl methyl sites for hydroxylation is 2. The minimum Gasteiger partial charge on any atom is -0.350 e. The van der Waals surface area contributed by atoms with Crippen LogP contribution in [0.25, 0.3) is 0 Å². The molecule has 28 heavy (non-hydrogen) atoms.